The van der Waals surface area contributed by atoms with Crippen LogP contribution in [-0.4, -0.2) is 19.0 Å². The second-order valence-corrected chi connectivity index (χ2v) is 8.19. The van der Waals surface area contributed by atoms with Crippen LogP contribution in [0, 0.1) is 0 Å². The van der Waals surface area contributed by atoms with Gasteiger partial charge in [0.25, 0.3) is 0 Å². The molecule has 0 saturated heterocycles. The average molecular weight is 228 g/mol. The summed E-state index contributed by atoms with van der Waals surface area (Å²) in [6.07, 6.45) is 0. The van der Waals surface area contributed by atoms with Crippen molar-refractivity contribution in [1.29, 1.82) is 0 Å². The summed E-state index contributed by atoms with van der Waals surface area (Å²) >= 11 is -4.20. The SMILES string of the molecule is O.[O]=[Mo]([OH])[P](=O)(O)O. The van der Waals surface area contributed by atoms with Gasteiger partial charge in [0, 0.05) is 0 Å². The first-order chi connectivity index (χ1) is 2.94. The predicted molar refractivity (Wildman–Crippen MR) is 18.6 cm³/mol. The molecule has 6 nitrogen and oxygen atoms in total. The zero-order chi connectivity index (χ0) is 6.08. The molecular weight excluding hydrogens is 223 g/mol. The van der Waals surface area contributed by atoms with Gasteiger partial charge in [0.1, 0.15) is 0 Å². The van der Waals surface area contributed by atoms with Crippen LogP contribution >= 0.6 is 5.69 Å². The van der Waals surface area contributed by atoms with Gasteiger partial charge in [-0.2, -0.15) is 0 Å². The summed E-state index contributed by atoms with van der Waals surface area (Å²) in [6, 6.07) is 0. The average Bonchev–Trinajstić information content (AvgIpc) is 1.31. The van der Waals surface area contributed by atoms with Crippen molar-refractivity contribution in [3.8, 4) is 0 Å². The molecule has 0 amide bonds. The Morgan fingerprint density at radius 2 is 1.50 bits per heavy atom. The van der Waals surface area contributed by atoms with Crippen molar-refractivity contribution in [1.82, 2.24) is 0 Å². The monoisotopic (exact) mass is 230 g/mol. The summed E-state index contributed by atoms with van der Waals surface area (Å²) in [4.78, 5) is 15.4. The molecule has 0 radical (unpaired) electrons. The van der Waals surface area contributed by atoms with Crippen molar-refractivity contribution in [3.05, 3.63) is 0 Å². The molecule has 0 aliphatic carbocycles. The summed E-state index contributed by atoms with van der Waals surface area (Å²) in [6.45, 7) is 0. The van der Waals surface area contributed by atoms with E-state index in [1.165, 1.54) is 0 Å². The molecule has 0 rings (SSSR count). The standard InChI is InChI=1S/Mo.HO3P.2H2O.O/c;1-4(2)3;;;/h;(H-,1,2,3);2*1H2;. The summed E-state index contributed by atoms with van der Waals surface area (Å²) in [5.74, 6) is 0. The molecular formula is H5MoO6P. The zero-order valence-corrected chi connectivity index (χ0v) is 6.42. The van der Waals surface area contributed by atoms with Gasteiger partial charge in [0.15, 0.2) is 0 Å². The first-order valence-corrected chi connectivity index (χ1v) is 7.05. The van der Waals surface area contributed by atoms with Crippen LogP contribution in [0.1, 0.15) is 0 Å². The predicted octanol–water partition coefficient (Wildman–Crippen LogP) is -1.87. The fraction of sp³-hybridized carbons (Fsp3) is 0. The fourth-order valence-electron chi connectivity index (χ4n) is 0. The number of hydrogen-bond donors (Lipinski definition) is 3. The van der Waals surface area contributed by atoms with Gasteiger partial charge in [-0.3, -0.25) is 0 Å². The molecule has 0 atom stereocenters. The van der Waals surface area contributed by atoms with Crippen LogP contribution in [0.15, 0.2) is 0 Å². The maximum absolute atomic E-state index is 9.54. The van der Waals surface area contributed by atoms with Crippen LogP contribution < -0.4 is 0 Å². The normalized spacial score (nSPS) is 11.0. The molecule has 0 unspecified atom stereocenters. The molecule has 5 N–H and O–H groups in total. The molecule has 0 saturated carbocycles. The summed E-state index contributed by atoms with van der Waals surface area (Å²) < 4.78 is 26.8. The minimum atomic E-state index is -4.57. The third-order valence-corrected chi connectivity index (χ3v) is 3.61. The van der Waals surface area contributed by atoms with Crippen LogP contribution in [0.2, 0.25) is 0 Å². The van der Waals surface area contributed by atoms with Crippen LogP contribution in [0.5, 0.6) is 0 Å². The van der Waals surface area contributed by atoms with Gasteiger partial charge in [-0.15, -0.1) is 0 Å². The molecule has 0 bridgehead atoms. The van der Waals surface area contributed by atoms with E-state index in [9.17, 15) is 7.96 Å². The van der Waals surface area contributed by atoms with Crippen molar-refractivity contribution in [3.63, 3.8) is 0 Å². The van der Waals surface area contributed by atoms with E-state index in [0.717, 1.165) is 0 Å². The maximum atomic E-state index is 9.54. The van der Waals surface area contributed by atoms with Gasteiger partial charge in [0.2, 0.25) is 0 Å². The number of rotatable bonds is 1. The van der Waals surface area contributed by atoms with Crippen molar-refractivity contribution in [2.24, 2.45) is 0 Å². The van der Waals surface area contributed by atoms with E-state index in [0.29, 0.717) is 0 Å². The van der Waals surface area contributed by atoms with E-state index in [1.54, 1.807) is 0 Å². The molecule has 52 valence electrons. The molecule has 0 heterocycles. The van der Waals surface area contributed by atoms with Crippen LogP contribution in [-0.2, 0) is 25.1 Å². The van der Waals surface area contributed by atoms with Crippen molar-refractivity contribution in [2.45, 2.75) is 0 Å². The first kappa shape index (κ1) is 11.4. The Kier molecular flexibility index (Phi) is 5.06. The molecule has 0 aromatic carbocycles. The summed E-state index contributed by atoms with van der Waals surface area (Å²) in [5, 5.41) is 0. The molecule has 0 aliphatic rings. The Morgan fingerprint density at radius 3 is 1.50 bits per heavy atom. The summed E-state index contributed by atoms with van der Waals surface area (Å²) in [5.41, 5.74) is -4.57. The third-order valence-electron chi connectivity index (χ3n) is 0.203. The Bertz CT molecular complexity index is 120. The van der Waals surface area contributed by atoms with Gasteiger partial charge in [-0.25, -0.2) is 0 Å². The molecule has 0 fully saturated rings. The van der Waals surface area contributed by atoms with E-state index >= 15 is 0 Å². The van der Waals surface area contributed by atoms with Crippen LogP contribution in [0.4, 0.5) is 0 Å². The Morgan fingerprint density at radius 1 is 1.38 bits per heavy atom. The van der Waals surface area contributed by atoms with E-state index in [4.69, 9.17) is 13.5 Å². The number of hydrogen-bond acceptors (Lipinski definition) is 2. The topological polar surface area (TPSA) is 126 Å². The van der Waals surface area contributed by atoms with E-state index in [-0.39, 0.29) is 5.48 Å². The second-order valence-electron chi connectivity index (χ2n) is 0.721. The van der Waals surface area contributed by atoms with E-state index in [1.807, 2.05) is 0 Å². The molecule has 0 aromatic rings. The molecule has 8 heteroatoms. The van der Waals surface area contributed by atoms with Gasteiger partial charge >= 0.3 is 44.3 Å². The van der Waals surface area contributed by atoms with Gasteiger partial charge < -0.3 is 5.48 Å². The van der Waals surface area contributed by atoms with Gasteiger partial charge in [-0.1, -0.05) is 0 Å². The minimum absolute atomic E-state index is 0. The molecule has 0 spiro atoms. The molecule has 0 aliphatic heterocycles. The first-order valence-electron chi connectivity index (χ1n) is 1.11. The zero-order valence-electron chi connectivity index (χ0n) is 3.51. The van der Waals surface area contributed by atoms with Gasteiger partial charge in [-0.05, 0) is 0 Å². The van der Waals surface area contributed by atoms with Crippen molar-refractivity contribution in [2.75, 3.05) is 0 Å². The Labute approximate surface area is 50.4 Å². The molecule has 8 heavy (non-hydrogen) atoms. The van der Waals surface area contributed by atoms with Crippen molar-refractivity contribution >= 4 is 5.69 Å². The van der Waals surface area contributed by atoms with Crippen LogP contribution in [0.25, 0.3) is 0 Å². The van der Waals surface area contributed by atoms with E-state index in [2.05, 4.69) is 0 Å². The second kappa shape index (κ2) is 3.56. The molecule has 0 aromatic heterocycles. The Hall–Kier alpha value is 0.558. The summed E-state index contributed by atoms with van der Waals surface area (Å²) in [7, 11) is 0. The van der Waals surface area contributed by atoms with Gasteiger partial charge in [0.05, 0.1) is 0 Å². The van der Waals surface area contributed by atoms with Crippen LogP contribution in [0.3, 0.4) is 0 Å². The van der Waals surface area contributed by atoms with E-state index < -0.39 is 22.8 Å². The fourth-order valence-corrected chi connectivity index (χ4v) is 0. The van der Waals surface area contributed by atoms with Crippen molar-refractivity contribution < 1.29 is 44.1 Å². The Balaban J connectivity index is 0. The quantitative estimate of drug-likeness (QED) is 0.357. The third kappa shape index (κ3) is 4.71.